The Labute approximate surface area is 269 Å². The molecule has 0 saturated heterocycles. The summed E-state index contributed by atoms with van der Waals surface area (Å²) in [5, 5.41) is 2.50. The highest BCUT2D eigenvalue weighted by molar-refractivity contribution is 6.13. The third-order valence-corrected chi connectivity index (χ3v) is 9.02. The largest absolute Gasteiger partial charge is 0.309 e. The van der Waals surface area contributed by atoms with Crippen LogP contribution in [0.1, 0.15) is 18.1 Å². The molecule has 0 aliphatic carbocycles. The van der Waals surface area contributed by atoms with Crippen molar-refractivity contribution in [1.82, 2.24) is 14.5 Å². The summed E-state index contributed by atoms with van der Waals surface area (Å²) >= 11 is 0. The fourth-order valence-corrected chi connectivity index (χ4v) is 6.75. The number of rotatable bonds is 6. The van der Waals surface area contributed by atoms with Crippen LogP contribution in [0.25, 0.3) is 72.5 Å². The first-order valence-corrected chi connectivity index (χ1v) is 15.9. The minimum absolute atomic E-state index is 0.709. The van der Waals surface area contributed by atoms with Crippen molar-refractivity contribution in [2.45, 2.75) is 20.3 Å². The molecule has 8 aromatic rings. The Kier molecular flexibility index (Phi) is 7.00. The number of fused-ring (bicyclic) bond motifs is 3. The van der Waals surface area contributed by atoms with E-state index in [1.54, 1.807) is 0 Å². The zero-order valence-electron chi connectivity index (χ0n) is 26.0. The molecule has 0 fully saturated rings. The molecule has 3 nitrogen and oxygen atoms in total. The SMILES string of the molecule is CCc1ccccc1-c1ccc2c(c1C)c1ccc(-c3nc(-c4ccccc4)cc(-c4ccccc4)n3)cc1n2-c1ccccc1. The molecule has 2 heterocycles. The molecule has 0 atom stereocenters. The summed E-state index contributed by atoms with van der Waals surface area (Å²) in [7, 11) is 0. The normalized spacial score (nSPS) is 11.3. The number of hydrogen-bond acceptors (Lipinski definition) is 2. The Morgan fingerprint density at radius 2 is 1.13 bits per heavy atom. The molecular weight excluding hydrogens is 558 g/mol. The highest BCUT2D eigenvalue weighted by atomic mass is 15.0. The number of benzene rings is 6. The van der Waals surface area contributed by atoms with Crippen molar-refractivity contribution >= 4 is 21.8 Å². The van der Waals surface area contributed by atoms with Gasteiger partial charge in [0.1, 0.15) is 0 Å². The summed E-state index contributed by atoms with van der Waals surface area (Å²) in [6, 6.07) is 53.5. The molecule has 46 heavy (non-hydrogen) atoms. The lowest BCUT2D eigenvalue weighted by atomic mass is 9.92. The molecular formula is C43H33N3. The molecule has 220 valence electrons. The van der Waals surface area contributed by atoms with Crippen molar-refractivity contribution in [3.63, 3.8) is 0 Å². The van der Waals surface area contributed by atoms with Gasteiger partial charge in [0.15, 0.2) is 5.82 Å². The zero-order chi connectivity index (χ0) is 31.0. The Morgan fingerprint density at radius 3 is 1.78 bits per heavy atom. The fourth-order valence-electron chi connectivity index (χ4n) is 6.75. The van der Waals surface area contributed by atoms with E-state index in [-0.39, 0.29) is 0 Å². The van der Waals surface area contributed by atoms with E-state index in [2.05, 4.69) is 158 Å². The van der Waals surface area contributed by atoms with Gasteiger partial charge in [-0.3, -0.25) is 0 Å². The van der Waals surface area contributed by atoms with Crippen LogP contribution >= 0.6 is 0 Å². The Morgan fingerprint density at radius 1 is 0.522 bits per heavy atom. The van der Waals surface area contributed by atoms with Crippen LogP contribution in [0.15, 0.2) is 152 Å². The lowest BCUT2D eigenvalue weighted by Gasteiger charge is -2.13. The summed E-state index contributed by atoms with van der Waals surface area (Å²) in [6.45, 7) is 4.50. The number of para-hydroxylation sites is 1. The van der Waals surface area contributed by atoms with Crippen molar-refractivity contribution in [2.75, 3.05) is 0 Å². The molecule has 8 rings (SSSR count). The minimum Gasteiger partial charge on any atom is -0.309 e. The van der Waals surface area contributed by atoms with Crippen molar-refractivity contribution in [3.05, 3.63) is 163 Å². The molecule has 0 saturated carbocycles. The maximum Gasteiger partial charge on any atom is 0.160 e. The van der Waals surface area contributed by atoms with Gasteiger partial charge in [0.2, 0.25) is 0 Å². The first-order valence-electron chi connectivity index (χ1n) is 15.9. The number of aryl methyl sites for hydroxylation is 2. The number of aromatic nitrogens is 3. The summed E-state index contributed by atoms with van der Waals surface area (Å²) in [5.74, 6) is 0.709. The lowest BCUT2D eigenvalue weighted by Crippen LogP contribution is -1.97. The molecule has 3 heteroatoms. The van der Waals surface area contributed by atoms with Gasteiger partial charge in [0, 0.05) is 33.2 Å². The van der Waals surface area contributed by atoms with E-state index in [0.717, 1.165) is 45.7 Å². The average molecular weight is 592 g/mol. The monoisotopic (exact) mass is 591 g/mol. The van der Waals surface area contributed by atoms with Crippen LogP contribution in [0.5, 0.6) is 0 Å². The van der Waals surface area contributed by atoms with Gasteiger partial charge in [-0.25, -0.2) is 9.97 Å². The van der Waals surface area contributed by atoms with Crippen LogP contribution in [0.2, 0.25) is 0 Å². The van der Waals surface area contributed by atoms with Crippen LogP contribution in [0, 0.1) is 6.92 Å². The summed E-state index contributed by atoms with van der Waals surface area (Å²) in [5.41, 5.74) is 13.6. The second kappa shape index (κ2) is 11.6. The third-order valence-electron chi connectivity index (χ3n) is 9.02. The van der Waals surface area contributed by atoms with Crippen molar-refractivity contribution in [2.24, 2.45) is 0 Å². The van der Waals surface area contributed by atoms with Crippen LogP contribution in [0.4, 0.5) is 0 Å². The molecule has 0 spiro atoms. The second-order valence-electron chi connectivity index (χ2n) is 11.7. The average Bonchev–Trinajstić information content (AvgIpc) is 3.47. The molecule has 2 aromatic heterocycles. The predicted octanol–water partition coefficient (Wildman–Crippen LogP) is 11.1. The first kappa shape index (κ1) is 27.7. The summed E-state index contributed by atoms with van der Waals surface area (Å²) in [6.07, 6.45) is 0.996. The van der Waals surface area contributed by atoms with Crippen LogP contribution in [-0.2, 0) is 6.42 Å². The van der Waals surface area contributed by atoms with Gasteiger partial charge < -0.3 is 4.57 Å². The van der Waals surface area contributed by atoms with Crippen molar-refractivity contribution in [3.8, 4) is 50.7 Å². The molecule has 0 radical (unpaired) electrons. The number of nitrogens with zero attached hydrogens (tertiary/aromatic N) is 3. The second-order valence-corrected chi connectivity index (χ2v) is 11.7. The topological polar surface area (TPSA) is 30.7 Å². The van der Waals surface area contributed by atoms with E-state index in [1.807, 2.05) is 12.1 Å². The van der Waals surface area contributed by atoms with E-state index in [9.17, 15) is 0 Å². The summed E-state index contributed by atoms with van der Waals surface area (Å²) < 4.78 is 2.38. The maximum absolute atomic E-state index is 5.13. The smallest absolute Gasteiger partial charge is 0.160 e. The summed E-state index contributed by atoms with van der Waals surface area (Å²) in [4.78, 5) is 10.3. The number of hydrogen-bond donors (Lipinski definition) is 0. The fraction of sp³-hybridized carbons (Fsp3) is 0.0698. The Bertz CT molecular complexity index is 2280. The Hall–Kier alpha value is -5.80. The van der Waals surface area contributed by atoms with Gasteiger partial charge in [0.25, 0.3) is 0 Å². The molecule has 6 aromatic carbocycles. The van der Waals surface area contributed by atoms with Gasteiger partial charge in [-0.05, 0) is 65.9 Å². The quantitative estimate of drug-likeness (QED) is 0.193. The van der Waals surface area contributed by atoms with E-state index in [1.165, 1.54) is 38.5 Å². The Balaban J connectivity index is 1.39. The van der Waals surface area contributed by atoms with Crippen LogP contribution in [0.3, 0.4) is 0 Å². The predicted molar refractivity (Wildman–Crippen MR) is 192 cm³/mol. The lowest BCUT2D eigenvalue weighted by molar-refractivity contribution is 1.14. The van der Waals surface area contributed by atoms with Crippen LogP contribution in [-0.4, -0.2) is 14.5 Å². The molecule has 0 bridgehead atoms. The van der Waals surface area contributed by atoms with E-state index in [0.29, 0.717) is 5.82 Å². The van der Waals surface area contributed by atoms with E-state index in [4.69, 9.17) is 9.97 Å². The standard InChI is InChI=1S/C43H33N3/c1-3-30-15-13-14-22-36(30)35-25-26-40-42(29(35)2)37-24-23-33(27-41(37)46(40)34-20-11-6-12-21-34)43-44-38(31-16-7-4-8-17-31)28-39(45-43)32-18-9-5-10-19-32/h4-28H,3H2,1-2H3. The first-order chi connectivity index (χ1) is 22.7. The van der Waals surface area contributed by atoms with Gasteiger partial charge in [-0.15, -0.1) is 0 Å². The van der Waals surface area contributed by atoms with E-state index < -0.39 is 0 Å². The molecule has 0 amide bonds. The molecule has 0 unspecified atom stereocenters. The minimum atomic E-state index is 0.709. The van der Waals surface area contributed by atoms with Crippen molar-refractivity contribution < 1.29 is 0 Å². The van der Waals surface area contributed by atoms with Gasteiger partial charge in [-0.1, -0.05) is 128 Å². The third kappa shape index (κ3) is 4.78. The van der Waals surface area contributed by atoms with E-state index >= 15 is 0 Å². The molecule has 0 aliphatic rings. The molecule has 0 N–H and O–H groups in total. The van der Waals surface area contributed by atoms with Crippen molar-refractivity contribution in [1.29, 1.82) is 0 Å². The van der Waals surface area contributed by atoms with Crippen LogP contribution < -0.4 is 0 Å². The van der Waals surface area contributed by atoms with Gasteiger partial charge in [0.05, 0.1) is 22.4 Å². The highest BCUT2D eigenvalue weighted by Gasteiger charge is 2.19. The van der Waals surface area contributed by atoms with Gasteiger partial charge >= 0.3 is 0 Å². The maximum atomic E-state index is 5.13. The highest BCUT2D eigenvalue weighted by Crippen LogP contribution is 2.40. The zero-order valence-corrected chi connectivity index (χ0v) is 26.0. The molecule has 0 aliphatic heterocycles. The van der Waals surface area contributed by atoms with Gasteiger partial charge in [-0.2, -0.15) is 0 Å².